The van der Waals surface area contributed by atoms with Gasteiger partial charge in [-0.1, -0.05) is 15.9 Å². The van der Waals surface area contributed by atoms with Crippen LogP contribution in [0, 0.1) is 0 Å². The Morgan fingerprint density at radius 3 is 2.40 bits per heavy atom. The minimum absolute atomic E-state index is 0.991. The van der Waals surface area contributed by atoms with Crippen molar-refractivity contribution in [3.63, 3.8) is 0 Å². The summed E-state index contributed by atoms with van der Waals surface area (Å²) in [4.78, 5) is 4.10. The summed E-state index contributed by atoms with van der Waals surface area (Å²) in [5.74, 6) is 0. The molecule has 0 bridgehead atoms. The molecule has 0 aliphatic carbocycles. The molecule has 1 nitrogen and oxygen atoms in total. The van der Waals surface area contributed by atoms with Crippen molar-refractivity contribution in [3.8, 4) is 0 Å². The third-order valence-electron chi connectivity index (χ3n) is 1.10. The Morgan fingerprint density at radius 1 is 1.30 bits per heavy atom. The van der Waals surface area contributed by atoms with Crippen LogP contribution < -0.4 is 0 Å². The fraction of sp³-hybridized carbons (Fsp3) is 0.125. The maximum Gasteiger partial charge on any atom is 0.0626 e. The van der Waals surface area contributed by atoms with Crippen LogP contribution in [-0.2, 0) is 0 Å². The van der Waals surface area contributed by atoms with Crippen molar-refractivity contribution in [3.05, 3.63) is 28.7 Å². The van der Waals surface area contributed by atoms with Gasteiger partial charge in [0.15, 0.2) is 0 Å². The number of aliphatic imine (C=N–C) groups is 1. The number of nitrogens with zero attached hydrogens (tertiary/aromatic N) is 1. The average Bonchev–Trinajstić information content (AvgIpc) is 1.95. The first-order chi connectivity index (χ1) is 4.83. The third kappa shape index (κ3) is 1.95. The second-order valence-corrected chi connectivity index (χ2v) is 2.78. The molecule has 2 heteroatoms. The Balaban J connectivity index is 2.89. The fourth-order valence-corrected chi connectivity index (χ4v) is 0.941. The topological polar surface area (TPSA) is 12.4 Å². The highest BCUT2D eigenvalue weighted by atomic mass is 79.9. The average molecular weight is 198 g/mol. The molecule has 0 heterocycles. The lowest BCUT2D eigenvalue weighted by Crippen LogP contribution is -1.64. The monoisotopic (exact) mass is 197 g/mol. The molecule has 0 atom stereocenters. The van der Waals surface area contributed by atoms with E-state index in [1.165, 1.54) is 0 Å². The molecule has 0 spiro atoms. The zero-order chi connectivity index (χ0) is 7.40. The van der Waals surface area contributed by atoms with E-state index >= 15 is 0 Å². The van der Waals surface area contributed by atoms with Gasteiger partial charge in [0.05, 0.1) is 5.69 Å². The van der Waals surface area contributed by atoms with Crippen LogP contribution in [0.4, 0.5) is 5.69 Å². The van der Waals surface area contributed by atoms with E-state index in [0.29, 0.717) is 0 Å². The van der Waals surface area contributed by atoms with Gasteiger partial charge in [-0.3, -0.25) is 4.99 Å². The van der Waals surface area contributed by atoms with Crippen LogP contribution in [0.3, 0.4) is 0 Å². The predicted molar refractivity (Wildman–Crippen MR) is 48.0 cm³/mol. The summed E-state index contributed by atoms with van der Waals surface area (Å²) in [6, 6.07) is 7.87. The van der Waals surface area contributed by atoms with Gasteiger partial charge in [-0.15, -0.1) is 0 Å². The molecule has 0 saturated carbocycles. The van der Waals surface area contributed by atoms with E-state index in [1.54, 1.807) is 6.21 Å². The van der Waals surface area contributed by atoms with Crippen molar-refractivity contribution >= 4 is 27.8 Å². The first kappa shape index (κ1) is 7.48. The van der Waals surface area contributed by atoms with Crippen molar-refractivity contribution < 1.29 is 0 Å². The Hall–Kier alpha value is -0.630. The minimum atomic E-state index is 0.991. The smallest absolute Gasteiger partial charge is 0.0626 e. The molecule has 0 saturated heterocycles. The van der Waals surface area contributed by atoms with E-state index < -0.39 is 0 Å². The van der Waals surface area contributed by atoms with Gasteiger partial charge < -0.3 is 0 Å². The van der Waals surface area contributed by atoms with Gasteiger partial charge in [0.25, 0.3) is 0 Å². The molecule has 10 heavy (non-hydrogen) atoms. The van der Waals surface area contributed by atoms with Gasteiger partial charge in [0, 0.05) is 10.7 Å². The molecule has 0 aromatic heterocycles. The normalized spacial score (nSPS) is 10.6. The number of halogens is 1. The van der Waals surface area contributed by atoms with Gasteiger partial charge >= 0.3 is 0 Å². The summed E-state index contributed by atoms with van der Waals surface area (Å²) in [6.45, 7) is 1.90. The Bertz CT molecular complexity index is 226. The van der Waals surface area contributed by atoms with E-state index in [1.807, 2.05) is 31.2 Å². The van der Waals surface area contributed by atoms with Gasteiger partial charge in [0.1, 0.15) is 0 Å². The summed E-state index contributed by atoms with van der Waals surface area (Å²) in [5, 5.41) is 0. The Kier molecular flexibility index (Phi) is 2.63. The van der Waals surface area contributed by atoms with Crippen LogP contribution in [0.2, 0.25) is 0 Å². The predicted octanol–water partition coefficient (Wildman–Crippen LogP) is 3.17. The highest BCUT2D eigenvalue weighted by molar-refractivity contribution is 9.10. The third-order valence-corrected chi connectivity index (χ3v) is 1.63. The van der Waals surface area contributed by atoms with Crippen molar-refractivity contribution in [2.24, 2.45) is 4.99 Å². The Labute approximate surface area is 68.9 Å². The van der Waals surface area contributed by atoms with Crippen LogP contribution in [0.1, 0.15) is 6.92 Å². The summed E-state index contributed by atoms with van der Waals surface area (Å²) in [6.07, 6.45) is 1.78. The van der Waals surface area contributed by atoms with E-state index in [4.69, 9.17) is 0 Å². The van der Waals surface area contributed by atoms with Crippen LogP contribution >= 0.6 is 15.9 Å². The first-order valence-electron chi connectivity index (χ1n) is 3.07. The maximum atomic E-state index is 4.10. The van der Waals surface area contributed by atoms with Crippen LogP contribution in [0.25, 0.3) is 0 Å². The van der Waals surface area contributed by atoms with Crippen molar-refractivity contribution in [1.82, 2.24) is 0 Å². The molecule has 1 rings (SSSR count). The van der Waals surface area contributed by atoms with Crippen LogP contribution in [-0.4, -0.2) is 6.21 Å². The molecule has 0 radical (unpaired) electrons. The molecule has 0 N–H and O–H groups in total. The lowest BCUT2D eigenvalue weighted by atomic mass is 10.3. The highest BCUT2D eigenvalue weighted by Gasteiger charge is 1.85. The molecular weight excluding hydrogens is 190 g/mol. The zero-order valence-corrected chi connectivity index (χ0v) is 7.30. The number of hydrogen-bond donors (Lipinski definition) is 0. The molecule has 1 aromatic carbocycles. The first-order valence-corrected chi connectivity index (χ1v) is 3.86. The van der Waals surface area contributed by atoms with Crippen molar-refractivity contribution in [2.45, 2.75) is 6.92 Å². The van der Waals surface area contributed by atoms with Crippen LogP contribution in [0.5, 0.6) is 0 Å². The standard InChI is InChI=1S/C8H8BrN/c1-2-10-8-5-3-7(9)4-6-8/h2-6H,1H3/b10-2+. The molecule has 0 aliphatic rings. The lowest BCUT2D eigenvalue weighted by Gasteiger charge is -1.90. The van der Waals surface area contributed by atoms with Gasteiger partial charge in [-0.25, -0.2) is 0 Å². The van der Waals surface area contributed by atoms with E-state index in [0.717, 1.165) is 10.2 Å². The molecule has 0 fully saturated rings. The van der Waals surface area contributed by atoms with Gasteiger partial charge in [-0.2, -0.15) is 0 Å². The van der Waals surface area contributed by atoms with Crippen LogP contribution in [0.15, 0.2) is 33.7 Å². The Morgan fingerprint density at radius 2 is 1.90 bits per heavy atom. The molecule has 0 unspecified atom stereocenters. The fourth-order valence-electron chi connectivity index (χ4n) is 0.676. The SMILES string of the molecule is C/C=N/c1ccc(Br)cc1. The number of hydrogen-bond acceptors (Lipinski definition) is 1. The van der Waals surface area contributed by atoms with Crippen molar-refractivity contribution in [1.29, 1.82) is 0 Å². The summed E-state index contributed by atoms with van der Waals surface area (Å²) >= 11 is 3.34. The molecule has 0 aliphatic heterocycles. The minimum Gasteiger partial charge on any atom is -0.262 e. The molecule has 0 amide bonds. The second kappa shape index (κ2) is 3.52. The largest absolute Gasteiger partial charge is 0.262 e. The lowest BCUT2D eigenvalue weighted by molar-refractivity contribution is 1.51. The van der Waals surface area contributed by atoms with Crippen molar-refractivity contribution in [2.75, 3.05) is 0 Å². The van der Waals surface area contributed by atoms with E-state index in [9.17, 15) is 0 Å². The number of benzene rings is 1. The maximum absolute atomic E-state index is 4.10. The van der Waals surface area contributed by atoms with Gasteiger partial charge in [-0.05, 0) is 31.2 Å². The molecular formula is C8H8BrN. The highest BCUT2D eigenvalue weighted by Crippen LogP contribution is 2.15. The quantitative estimate of drug-likeness (QED) is 0.614. The van der Waals surface area contributed by atoms with E-state index in [2.05, 4.69) is 20.9 Å². The summed E-state index contributed by atoms with van der Waals surface area (Å²) in [7, 11) is 0. The molecule has 1 aromatic rings. The molecule has 52 valence electrons. The van der Waals surface area contributed by atoms with E-state index in [-0.39, 0.29) is 0 Å². The number of rotatable bonds is 1. The summed E-state index contributed by atoms with van der Waals surface area (Å²) < 4.78 is 1.09. The van der Waals surface area contributed by atoms with Gasteiger partial charge in [0.2, 0.25) is 0 Å². The zero-order valence-electron chi connectivity index (χ0n) is 5.71. The second-order valence-electron chi connectivity index (χ2n) is 1.86. The summed E-state index contributed by atoms with van der Waals surface area (Å²) in [5.41, 5.74) is 0.991.